The van der Waals surface area contributed by atoms with Crippen molar-refractivity contribution >= 4 is 6.03 Å². The third-order valence-corrected chi connectivity index (χ3v) is 8.50. The predicted octanol–water partition coefficient (Wildman–Crippen LogP) is 2.93. The molecule has 2 aliphatic heterocycles. The van der Waals surface area contributed by atoms with Gasteiger partial charge in [-0.15, -0.1) is 5.10 Å². The van der Waals surface area contributed by atoms with Crippen LogP contribution in [-0.4, -0.2) is 71.5 Å². The van der Waals surface area contributed by atoms with Crippen LogP contribution in [0.3, 0.4) is 0 Å². The van der Waals surface area contributed by atoms with Gasteiger partial charge in [0.15, 0.2) is 5.82 Å². The minimum atomic E-state index is -4.51. The van der Waals surface area contributed by atoms with Crippen LogP contribution in [0.1, 0.15) is 62.1 Å². The molecule has 5 fully saturated rings. The molecule has 3 aliphatic carbocycles. The fourth-order valence-corrected chi connectivity index (χ4v) is 6.70. The predicted molar refractivity (Wildman–Crippen MR) is 111 cm³/mol. The molecule has 7 rings (SSSR count). The van der Waals surface area contributed by atoms with Gasteiger partial charge >= 0.3 is 12.2 Å². The highest BCUT2D eigenvalue weighted by molar-refractivity contribution is 5.77. The molecule has 182 valence electrons. The van der Waals surface area contributed by atoms with E-state index in [0.717, 1.165) is 64.0 Å². The first-order valence-electron chi connectivity index (χ1n) is 12.1. The number of aromatic nitrogens is 6. The summed E-state index contributed by atoms with van der Waals surface area (Å²) in [4.78, 5) is 24.6. The largest absolute Gasteiger partial charge is 0.453 e. The Kier molecular flexibility index (Phi) is 4.09. The Hall–Kier alpha value is -2.66. The van der Waals surface area contributed by atoms with Crippen molar-refractivity contribution in [2.75, 3.05) is 26.2 Å². The summed E-state index contributed by atoms with van der Waals surface area (Å²) in [6.07, 6.45) is 4.90. The first-order chi connectivity index (χ1) is 16.2. The molecule has 9 nitrogen and oxygen atoms in total. The summed E-state index contributed by atoms with van der Waals surface area (Å²) >= 11 is 0. The van der Waals surface area contributed by atoms with E-state index in [1.54, 1.807) is 0 Å². The number of carbonyl (C=O) groups is 1. The maximum Gasteiger partial charge on any atom is 0.453 e. The Bertz CT molecular complexity index is 1110. The number of alkyl halides is 3. The monoisotopic (exact) mass is 476 g/mol. The second kappa shape index (κ2) is 6.72. The van der Waals surface area contributed by atoms with Crippen LogP contribution >= 0.6 is 0 Å². The van der Waals surface area contributed by atoms with Gasteiger partial charge in [0.25, 0.3) is 5.82 Å². The number of hydrogen-bond donors (Lipinski definition) is 0. The molecule has 34 heavy (non-hydrogen) atoms. The second-order valence-corrected chi connectivity index (χ2v) is 11.5. The second-order valence-electron chi connectivity index (χ2n) is 11.5. The van der Waals surface area contributed by atoms with E-state index in [1.165, 1.54) is 17.5 Å². The molecule has 2 spiro atoms. The van der Waals surface area contributed by atoms with E-state index < -0.39 is 12.0 Å². The average Bonchev–Trinajstić information content (AvgIpc) is 3.19. The molecule has 0 N–H and O–H groups in total. The minimum Gasteiger partial charge on any atom is -0.323 e. The van der Waals surface area contributed by atoms with Gasteiger partial charge in [0.1, 0.15) is 12.7 Å². The van der Waals surface area contributed by atoms with Crippen LogP contribution in [0, 0.1) is 16.7 Å². The summed E-state index contributed by atoms with van der Waals surface area (Å²) in [5.74, 6) is 0.763. The summed E-state index contributed by atoms with van der Waals surface area (Å²) in [6, 6.07) is 0.541. The van der Waals surface area contributed by atoms with Crippen LogP contribution in [0.25, 0.3) is 0 Å². The molecule has 0 unspecified atom stereocenters. The quantitative estimate of drug-likeness (QED) is 0.678. The van der Waals surface area contributed by atoms with Crippen molar-refractivity contribution in [2.45, 2.75) is 63.2 Å². The zero-order valence-electron chi connectivity index (χ0n) is 18.8. The van der Waals surface area contributed by atoms with E-state index in [4.69, 9.17) is 0 Å². The van der Waals surface area contributed by atoms with Gasteiger partial charge in [-0.3, -0.25) is 4.68 Å². The summed E-state index contributed by atoms with van der Waals surface area (Å²) in [7, 11) is 0. The van der Waals surface area contributed by atoms with E-state index in [9.17, 15) is 18.0 Å². The molecule has 5 aliphatic rings. The van der Waals surface area contributed by atoms with Gasteiger partial charge < -0.3 is 9.80 Å². The van der Waals surface area contributed by atoms with E-state index in [2.05, 4.69) is 20.2 Å². The first-order valence-corrected chi connectivity index (χ1v) is 12.1. The van der Waals surface area contributed by atoms with Gasteiger partial charge in [-0.2, -0.15) is 18.3 Å². The van der Waals surface area contributed by atoms with Crippen LogP contribution in [0.15, 0.2) is 12.7 Å². The standard InChI is InChI=1S/C22H27F3N8O/c23-22(24,25)18-27-12-32(29-18)7-14-3-20(4-14)8-30(9-20)19(34)31-10-21(11-31)5-16(6-21)33-13-26-17(28-33)15-1-2-15/h12-16H,1-11H2. The maximum atomic E-state index is 12.9. The fourth-order valence-electron chi connectivity index (χ4n) is 6.70. The topological polar surface area (TPSA) is 85.0 Å². The highest BCUT2D eigenvalue weighted by Gasteiger charge is 2.58. The highest BCUT2D eigenvalue weighted by Crippen LogP contribution is 2.56. The number of nitrogens with zero attached hydrogens (tertiary/aromatic N) is 8. The van der Waals surface area contributed by atoms with Crippen molar-refractivity contribution < 1.29 is 18.0 Å². The van der Waals surface area contributed by atoms with Crippen LogP contribution in [0.5, 0.6) is 0 Å². The molecule has 0 radical (unpaired) electrons. The Labute approximate surface area is 194 Å². The first kappa shape index (κ1) is 20.7. The molecule has 0 aromatic carbocycles. The Morgan fingerprint density at radius 2 is 1.59 bits per heavy atom. The van der Waals surface area contributed by atoms with Crippen LogP contribution < -0.4 is 0 Å². The normalized spacial score (nSPS) is 25.7. The van der Waals surface area contributed by atoms with Crippen molar-refractivity contribution in [3.8, 4) is 0 Å². The number of carbonyl (C=O) groups excluding carboxylic acids is 1. The Morgan fingerprint density at radius 1 is 0.941 bits per heavy atom. The lowest BCUT2D eigenvalue weighted by molar-refractivity contribution is -0.145. The SMILES string of the molecule is O=C(N1CC2(CC(Cn3cnc(C(F)(F)F)n3)C2)C1)N1CC2(CC(n3cnc(C4CC4)n3)C2)C1. The number of halogens is 3. The fraction of sp³-hybridized carbons (Fsp3) is 0.773. The zero-order chi connectivity index (χ0) is 23.3. The molecule has 2 aromatic rings. The molecule has 3 saturated carbocycles. The summed E-state index contributed by atoms with van der Waals surface area (Å²) < 4.78 is 41.3. The number of rotatable bonds is 4. The number of hydrogen-bond acceptors (Lipinski definition) is 5. The lowest BCUT2D eigenvalue weighted by Gasteiger charge is -2.63. The summed E-state index contributed by atoms with van der Waals surface area (Å²) in [5, 5.41) is 8.20. The van der Waals surface area contributed by atoms with Crippen LogP contribution in [-0.2, 0) is 12.7 Å². The van der Waals surface area contributed by atoms with Crippen molar-refractivity contribution in [2.24, 2.45) is 16.7 Å². The molecule has 12 heteroatoms. The molecule has 0 bridgehead atoms. The van der Waals surface area contributed by atoms with Gasteiger partial charge in [0.2, 0.25) is 0 Å². The summed E-state index contributed by atoms with van der Waals surface area (Å²) in [6.45, 7) is 3.60. The van der Waals surface area contributed by atoms with Crippen LogP contribution in [0.4, 0.5) is 18.0 Å². The van der Waals surface area contributed by atoms with E-state index in [0.29, 0.717) is 18.5 Å². The Balaban J connectivity index is 0.844. The van der Waals surface area contributed by atoms with E-state index in [-0.39, 0.29) is 22.8 Å². The average molecular weight is 477 g/mol. The lowest BCUT2D eigenvalue weighted by atomic mass is 9.57. The van der Waals surface area contributed by atoms with Crippen molar-refractivity contribution in [1.82, 2.24) is 39.3 Å². The molecule has 2 aromatic heterocycles. The van der Waals surface area contributed by atoms with Gasteiger partial charge in [-0.25, -0.2) is 19.4 Å². The highest BCUT2D eigenvalue weighted by atomic mass is 19.4. The number of urea groups is 1. The molecular formula is C22H27F3N8O. The Morgan fingerprint density at radius 3 is 2.18 bits per heavy atom. The molecule has 4 heterocycles. The number of likely N-dealkylation sites (tertiary alicyclic amines) is 2. The molecule has 2 amide bonds. The third kappa shape index (κ3) is 3.31. The van der Waals surface area contributed by atoms with Gasteiger partial charge in [-0.05, 0) is 44.4 Å². The van der Waals surface area contributed by atoms with Crippen molar-refractivity contribution in [1.29, 1.82) is 0 Å². The van der Waals surface area contributed by atoms with Crippen molar-refractivity contribution in [3.63, 3.8) is 0 Å². The zero-order valence-corrected chi connectivity index (χ0v) is 18.8. The smallest absolute Gasteiger partial charge is 0.323 e. The lowest BCUT2D eigenvalue weighted by Crippen LogP contribution is -2.71. The molecular weight excluding hydrogens is 449 g/mol. The van der Waals surface area contributed by atoms with Gasteiger partial charge in [0, 0.05) is 49.5 Å². The maximum absolute atomic E-state index is 12.9. The van der Waals surface area contributed by atoms with E-state index in [1.807, 2.05) is 20.8 Å². The summed E-state index contributed by atoms with van der Waals surface area (Å²) in [5.41, 5.74) is 0.396. The van der Waals surface area contributed by atoms with E-state index >= 15 is 0 Å². The van der Waals surface area contributed by atoms with Crippen LogP contribution in [0.2, 0.25) is 0 Å². The third-order valence-electron chi connectivity index (χ3n) is 8.50. The van der Waals surface area contributed by atoms with Gasteiger partial charge in [0.05, 0.1) is 6.04 Å². The minimum absolute atomic E-state index is 0.131. The number of amides is 2. The van der Waals surface area contributed by atoms with Crippen molar-refractivity contribution in [3.05, 3.63) is 24.3 Å². The van der Waals surface area contributed by atoms with Gasteiger partial charge in [-0.1, -0.05) is 0 Å². The molecule has 2 saturated heterocycles. The molecule has 0 atom stereocenters.